The SMILES string of the molecule is CCS(=O)(=O)Nc1ccc(C)c(F)c1Cc1ccc(-c2nnc(C(F)F)o2)cn1. The fourth-order valence-electron chi connectivity index (χ4n) is 2.52. The van der Waals surface area contributed by atoms with Gasteiger partial charge in [0, 0.05) is 23.9 Å². The molecule has 0 aliphatic heterocycles. The zero-order chi connectivity index (χ0) is 21.2. The largest absolute Gasteiger partial charge is 0.415 e. The molecule has 0 spiro atoms. The van der Waals surface area contributed by atoms with E-state index < -0.39 is 28.2 Å². The molecule has 11 heteroatoms. The Labute approximate surface area is 165 Å². The van der Waals surface area contributed by atoms with Crippen molar-refractivity contribution in [1.82, 2.24) is 15.2 Å². The highest BCUT2D eigenvalue weighted by Crippen LogP contribution is 2.27. The molecule has 2 heterocycles. The van der Waals surface area contributed by atoms with Crippen molar-refractivity contribution in [3.05, 3.63) is 59.0 Å². The molecule has 154 valence electrons. The molecule has 0 fully saturated rings. The number of halogens is 3. The predicted octanol–water partition coefficient (Wildman–Crippen LogP) is 3.87. The Morgan fingerprint density at radius 2 is 1.93 bits per heavy atom. The summed E-state index contributed by atoms with van der Waals surface area (Å²) in [7, 11) is -3.59. The molecule has 0 aliphatic rings. The van der Waals surface area contributed by atoms with Gasteiger partial charge in [0.2, 0.25) is 15.9 Å². The second-order valence-electron chi connectivity index (χ2n) is 6.19. The number of aromatic nitrogens is 3. The van der Waals surface area contributed by atoms with Crippen LogP contribution in [-0.2, 0) is 16.4 Å². The van der Waals surface area contributed by atoms with Gasteiger partial charge in [0.05, 0.1) is 17.0 Å². The summed E-state index contributed by atoms with van der Waals surface area (Å²) in [6, 6.07) is 6.05. The summed E-state index contributed by atoms with van der Waals surface area (Å²) in [5.41, 5.74) is 1.41. The third-order valence-electron chi connectivity index (χ3n) is 4.14. The molecule has 0 saturated carbocycles. The molecule has 1 N–H and O–H groups in total. The number of aryl methyl sites for hydroxylation is 1. The average molecular weight is 426 g/mol. The fraction of sp³-hybridized carbons (Fsp3) is 0.278. The van der Waals surface area contributed by atoms with Crippen LogP contribution in [0.2, 0.25) is 0 Å². The molecule has 0 amide bonds. The lowest BCUT2D eigenvalue weighted by Crippen LogP contribution is -2.17. The topological polar surface area (TPSA) is 98.0 Å². The van der Waals surface area contributed by atoms with Gasteiger partial charge in [-0.1, -0.05) is 6.07 Å². The standard InChI is InChI=1S/C18H17F3N4O3S/c1-3-29(26,27)25-14-7-4-10(2)15(19)13(14)8-12-6-5-11(9-22-12)17-23-24-18(28-17)16(20)21/h4-7,9,16,25H,3,8H2,1-2H3. The molecule has 0 saturated heterocycles. The van der Waals surface area contributed by atoms with E-state index in [0.717, 1.165) is 0 Å². The number of anilines is 1. The van der Waals surface area contributed by atoms with Crippen LogP contribution in [0.1, 0.15) is 36.1 Å². The Kier molecular flexibility index (Phi) is 5.87. The number of nitrogens with zero attached hydrogens (tertiary/aromatic N) is 3. The second-order valence-corrected chi connectivity index (χ2v) is 8.20. The quantitative estimate of drug-likeness (QED) is 0.616. The highest BCUT2D eigenvalue weighted by molar-refractivity contribution is 7.92. The van der Waals surface area contributed by atoms with Gasteiger partial charge in [-0.2, -0.15) is 8.78 Å². The minimum absolute atomic E-state index is 0.0154. The summed E-state index contributed by atoms with van der Waals surface area (Å²) in [6.45, 7) is 3.05. The van der Waals surface area contributed by atoms with Crippen molar-refractivity contribution in [2.24, 2.45) is 0 Å². The Balaban J connectivity index is 1.88. The van der Waals surface area contributed by atoms with Crippen LogP contribution in [0.25, 0.3) is 11.5 Å². The summed E-state index contributed by atoms with van der Waals surface area (Å²) in [6.07, 6.45) is -1.53. The maximum atomic E-state index is 14.7. The van der Waals surface area contributed by atoms with Crippen LogP contribution in [-0.4, -0.2) is 29.4 Å². The van der Waals surface area contributed by atoms with Crippen molar-refractivity contribution in [2.75, 3.05) is 10.5 Å². The number of pyridine rings is 1. The van der Waals surface area contributed by atoms with E-state index in [1.54, 1.807) is 13.0 Å². The van der Waals surface area contributed by atoms with E-state index in [0.29, 0.717) is 16.8 Å². The van der Waals surface area contributed by atoms with Crippen LogP contribution in [0.15, 0.2) is 34.9 Å². The van der Waals surface area contributed by atoms with E-state index in [4.69, 9.17) is 4.42 Å². The summed E-state index contributed by atoms with van der Waals surface area (Å²) in [5, 5.41) is 6.79. The summed E-state index contributed by atoms with van der Waals surface area (Å²) in [4.78, 5) is 4.17. The van der Waals surface area contributed by atoms with Gasteiger partial charge in [-0.3, -0.25) is 9.71 Å². The molecule has 3 aromatic rings. The van der Waals surface area contributed by atoms with E-state index >= 15 is 0 Å². The smallest absolute Gasteiger partial charge is 0.314 e. The van der Waals surface area contributed by atoms with E-state index in [1.807, 2.05) is 0 Å². The summed E-state index contributed by atoms with van der Waals surface area (Å²) < 4.78 is 70.8. The zero-order valence-electron chi connectivity index (χ0n) is 15.5. The van der Waals surface area contributed by atoms with E-state index in [-0.39, 0.29) is 29.3 Å². The molecule has 1 aromatic carbocycles. The maximum absolute atomic E-state index is 14.7. The van der Waals surface area contributed by atoms with Gasteiger partial charge in [0.25, 0.3) is 5.89 Å². The lowest BCUT2D eigenvalue weighted by molar-refractivity contribution is 0.116. The Morgan fingerprint density at radius 1 is 1.17 bits per heavy atom. The molecule has 0 aliphatic carbocycles. The number of rotatable bonds is 7. The maximum Gasteiger partial charge on any atom is 0.314 e. The number of benzene rings is 1. The van der Waals surface area contributed by atoms with Gasteiger partial charge in [-0.15, -0.1) is 10.2 Å². The molecule has 0 radical (unpaired) electrons. The van der Waals surface area contributed by atoms with E-state index in [1.165, 1.54) is 31.3 Å². The van der Waals surface area contributed by atoms with Gasteiger partial charge >= 0.3 is 6.43 Å². The van der Waals surface area contributed by atoms with Crippen LogP contribution in [0.4, 0.5) is 18.9 Å². The van der Waals surface area contributed by atoms with Crippen LogP contribution in [0.3, 0.4) is 0 Å². The number of alkyl halides is 2. The highest BCUT2D eigenvalue weighted by atomic mass is 32.2. The van der Waals surface area contributed by atoms with Crippen molar-refractivity contribution < 1.29 is 26.0 Å². The Hall–Kier alpha value is -2.95. The van der Waals surface area contributed by atoms with Crippen LogP contribution < -0.4 is 4.72 Å². The van der Waals surface area contributed by atoms with Crippen LogP contribution in [0.5, 0.6) is 0 Å². The predicted molar refractivity (Wildman–Crippen MR) is 99.5 cm³/mol. The van der Waals surface area contributed by atoms with Crippen LogP contribution in [0, 0.1) is 12.7 Å². The first-order chi connectivity index (χ1) is 13.7. The van der Waals surface area contributed by atoms with Gasteiger partial charge in [-0.05, 0) is 37.6 Å². The zero-order valence-corrected chi connectivity index (χ0v) is 16.3. The molecule has 0 atom stereocenters. The summed E-state index contributed by atoms with van der Waals surface area (Å²) in [5.74, 6) is -1.60. The molecule has 3 rings (SSSR count). The number of sulfonamides is 1. The molecule has 7 nitrogen and oxygen atoms in total. The van der Waals surface area contributed by atoms with Crippen molar-refractivity contribution in [1.29, 1.82) is 0 Å². The van der Waals surface area contributed by atoms with Gasteiger partial charge in [0.15, 0.2) is 0 Å². The van der Waals surface area contributed by atoms with E-state index in [9.17, 15) is 21.6 Å². The average Bonchev–Trinajstić information content (AvgIpc) is 3.18. The lowest BCUT2D eigenvalue weighted by Gasteiger charge is -2.14. The van der Waals surface area contributed by atoms with Gasteiger partial charge < -0.3 is 4.42 Å². The number of nitrogens with one attached hydrogen (secondary N) is 1. The highest BCUT2D eigenvalue weighted by Gasteiger charge is 2.19. The Bertz CT molecular complexity index is 1120. The summed E-state index contributed by atoms with van der Waals surface area (Å²) >= 11 is 0. The van der Waals surface area contributed by atoms with Crippen molar-refractivity contribution in [2.45, 2.75) is 26.7 Å². The normalized spacial score (nSPS) is 11.8. The molecule has 0 unspecified atom stereocenters. The monoisotopic (exact) mass is 426 g/mol. The first kappa shape index (κ1) is 20.8. The second kappa shape index (κ2) is 8.19. The van der Waals surface area contributed by atoms with Crippen molar-refractivity contribution in [3.8, 4) is 11.5 Å². The fourth-order valence-corrected chi connectivity index (χ4v) is 3.19. The van der Waals surface area contributed by atoms with Gasteiger partial charge in [-0.25, -0.2) is 12.8 Å². The minimum atomic E-state index is -3.59. The van der Waals surface area contributed by atoms with Gasteiger partial charge in [0.1, 0.15) is 5.82 Å². The third kappa shape index (κ3) is 4.73. The molecular formula is C18H17F3N4O3S. The first-order valence-electron chi connectivity index (χ1n) is 8.55. The lowest BCUT2D eigenvalue weighted by atomic mass is 10.0. The number of hydrogen-bond acceptors (Lipinski definition) is 6. The third-order valence-corrected chi connectivity index (χ3v) is 5.43. The van der Waals surface area contributed by atoms with Crippen molar-refractivity contribution in [3.63, 3.8) is 0 Å². The molecule has 2 aromatic heterocycles. The molecule has 0 bridgehead atoms. The van der Waals surface area contributed by atoms with Crippen LogP contribution >= 0.6 is 0 Å². The molecular weight excluding hydrogens is 409 g/mol. The molecule has 29 heavy (non-hydrogen) atoms. The number of hydrogen-bond donors (Lipinski definition) is 1. The van der Waals surface area contributed by atoms with E-state index in [2.05, 4.69) is 19.9 Å². The van der Waals surface area contributed by atoms with Crippen molar-refractivity contribution >= 4 is 15.7 Å². The minimum Gasteiger partial charge on any atom is -0.415 e. The first-order valence-corrected chi connectivity index (χ1v) is 10.2. The Morgan fingerprint density at radius 3 is 2.52 bits per heavy atom.